The highest BCUT2D eigenvalue weighted by atomic mass is 16.5. The summed E-state index contributed by atoms with van der Waals surface area (Å²) in [6.07, 6.45) is 7.93. The maximum atomic E-state index is 13.1. The van der Waals surface area contributed by atoms with Crippen LogP contribution < -0.4 is 9.30 Å². The third kappa shape index (κ3) is 3.42. The Balaban J connectivity index is 1.73. The Morgan fingerprint density at radius 3 is 2.57 bits per heavy atom. The number of carbonyl (C=O) groups excluding carboxylic acids is 1. The summed E-state index contributed by atoms with van der Waals surface area (Å²) in [5, 5.41) is 4.89. The van der Waals surface area contributed by atoms with Crippen LogP contribution in [0.5, 0.6) is 5.75 Å². The van der Waals surface area contributed by atoms with E-state index in [1.807, 2.05) is 48.0 Å². The van der Waals surface area contributed by atoms with Crippen molar-refractivity contribution < 1.29 is 14.1 Å². The first-order valence-electron chi connectivity index (χ1n) is 9.79. The highest BCUT2D eigenvalue weighted by Gasteiger charge is 2.33. The van der Waals surface area contributed by atoms with E-state index in [0.29, 0.717) is 5.56 Å². The van der Waals surface area contributed by atoms with Crippen LogP contribution in [0.2, 0.25) is 0 Å². The lowest BCUT2D eigenvalue weighted by Gasteiger charge is -2.09. The van der Waals surface area contributed by atoms with Gasteiger partial charge in [-0.05, 0) is 62.6 Å². The Kier molecular flexibility index (Phi) is 5.19. The van der Waals surface area contributed by atoms with Gasteiger partial charge in [0.25, 0.3) is 0 Å². The molecule has 0 bridgehead atoms. The Morgan fingerprint density at radius 1 is 1.11 bits per heavy atom. The molecule has 1 atom stereocenters. The highest BCUT2D eigenvalue weighted by molar-refractivity contribution is 5.98. The molecule has 3 heterocycles. The Hall–Kier alpha value is -3.02. The zero-order chi connectivity index (χ0) is 19.5. The fourth-order valence-corrected chi connectivity index (χ4v) is 3.81. The van der Waals surface area contributed by atoms with Gasteiger partial charge in [-0.2, -0.15) is 0 Å². The van der Waals surface area contributed by atoms with Crippen molar-refractivity contribution in [3.8, 4) is 17.1 Å². The lowest BCUT2D eigenvalue weighted by Crippen LogP contribution is -2.39. The second-order valence-electron chi connectivity index (χ2n) is 7.15. The maximum Gasteiger partial charge on any atom is 0.309 e. The molecule has 2 aromatic heterocycles. The largest absolute Gasteiger partial charge is 0.497 e. The van der Waals surface area contributed by atoms with Crippen molar-refractivity contribution in [3.05, 3.63) is 60.2 Å². The smallest absolute Gasteiger partial charge is 0.309 e. The number of carbonyl (C=O) groups is 1. The van der Waals surface area contributed by atoms with Crippen LogP contribution in [0.4, 0.5) is 0 Å². The van der Waals surface area contributed by atoms with E-state index in [9.17, 15) is 4.79 Å². The van der Waals surface area contributed by atoms with Crippen LogP contribution in [0.25, 0.3) is 11.4 Å². The second-order valence-corrected chi connectivity index (χ2v) is 7.15. The molecule has 1 aliphatic rings. The minimum absolute atomic E-state index is 0.0547. The van der Waals surface area contributed by atoms with Crippen LogP contribution in [0.15, 0.2) is 48.8 Å². The summed E-state index contributed by atoms with van der Waals surface area (Å²) in [5.74, 6) is 2.83. The minimum Gasteiger partial charge on any atom is -0.497 e. The number of Topliss-reactive ketones (excluding diaryl/α,β-unsaturated/α-hetero) is 1. The van der Waals surface area contributed by atoms with E-state index in [4.69, 9.17) is 9.84 Å². The Labute approximate surface area is 164 Å². The molecule has 1 aromatic carbocycles. The molecular formula is C22H25N4O2+. The number of hydrogen-bond acceptors (Lipinski definition) is 4. The van der Waals surface area contributed by atoms with E-state index >= 15 is 0 Å². The fraction of sp³-hybridized carbons (Fsp3) is 0.364. The van der Waals surface area contributed by atoms with Crippen molar-refractivity contribution in [2.75, 3.05) is 7.11 Å². The van der Waals surface area contributed by atoms with E-state index in [1.54, 1.807) is 19.5 Å². The quantitative estimate of drug-likeness (QED) is 0.505. The van der Waals surface area contributed by atoms with Crippen LogP contribution in [-0.4, -0.2) is 27.7 Å². The number of fused-ring (bicyclic) bond motifs is 1. The number of hydrogen-bond donors (Lipinski definition) is 0. The molecule has 6 heteroatoms. The number of nitrogens with zero attached hydrogens (tertiary/aromatic N) is 4. The van der Waals surface area contributed by atoms with E-state index in [-0.39, 0.29) is 11.8 Å². The van der Waals surface area contributed by atoms with Gasteiger partial charge in [-0.15, -0.1) is 4.68 Å². The molecule has 0 saturated heterocycles. The summed E-state index contributed by atoms with van der Waals surface area (Å²) in [4.78, 5) is 17.3. The fourth-order valence-electron chi connectivity index (χ4n) is 3.81. The van der Waals surface area contributed by atoms with Crippen molar-refractivity contribution in [2.45, 2.75) is 45.2 Å². The van der Waals surface area contributed by atoms with E-state index in [1.165, 1.54) is 6.42 Å². The number of methoxy groups -OCH3 is 1. The summed E-state index contributed by atoms with van der Waals surface area (Å²) < 4.78 is 9.40. The van der Waals surface area contributed by atoms with Gasteiger partial charge >= 0.3 is 5.82 Å². The number of ketones is 1. The van der Waals surface area contributed by atoms with Crippen LogP contribution in [-0.2, 0) is 13.0 Å². The molecule has 28 heavy (non-hydrogen) atoms. The Bertz CT molecular complexity index is 964. The summed E-state index contributed by atoms with van der Waals surface area (Å²) in [7, 11) is 1.62. The lowest BCUT2D eigenvalue weighted by molar-refractivity contribution is -0.693. The van der Waals surface area contributed by atoms with E-state index in [2.05, 4.69) is 9.55 Å². The number of pyridine rings is 1. The van der Waals surface area contributed by atoms with Crippen molar-refractivity contribution >= 4 is 5.78 Å². The monoisotopic (exact) mass is 377 g/mol. The van der Waals surface area contributed by atoms with Gasteiger partial charge in [-0.3, -0.25) is 9.78 Å². The van der Waals surface area contributed by atoms with Gasteiger partial charge in [0.05, 0.1) is 19.2 Å². The highest BCUT2D eigenvalue weighted by Crippen LogP contribution is 2.23. The molecule has 6 nitrogen and oxygen atoms in total. The number of aromatic nitrogens is 4. The van der Waals surface area contributed by atoms with Gasteiger partial charge < -0.3 is 4.74 Å². The van der Waals surface area contributed by atoms with Crippen LogP contribution in [0.3, 0.4) is 0 Å². The third-order valence-corrected chi connectivity index (χ3v) is 5.38. The first-order chi connectivity index (χ1) is 13.7. The van der Waals surface area contributed by atoms with Gasteiger partial charge in [0, 0.05) is 29.5 Å². The molecule has 0 aliphatic carbocycles. The average molecular weight is 377 g/mol. The third-order valence-electron chi connectivity index (χ3n) is 5.38. The summed E-state index contributed by atoms with van der Waals surface area (Å²) in [6.45, 7) is 2.86. The van der Waals surface area contributed by atoms with Gasteiger partial charge in [0.1, 0.15) is 5.75 Å². The van der Waals surface area contributed by atoms with Crippen LogP contribution in [0.1, 0.15) is 48.4 Å². The van der Waals surface area contributed by atoms with E-state index in [0.717, 1.165) is 48.8 Å². The standard InChI is InChI=1S/C22H25N4O2/c1-16(21(27)17-7-9-19(28-2)10-8-17)26-20-6-4-3-5-15-25(20)22(24-26)18-11-13-23-14-12-18/h7-14,16H,3-6,15H2,1-2H3/q+1. The zero-order valence-electron chi connectivity index (χ0n) is 16.3. The molecule has 3 aromatic rings. The summed E-state index contributed by atoms with van der Waals surface area (Å²) in [6, 6.07) is 10.8. The zero-order valence-corrected chi connectivity index (χ0v) is 16.3. The van der Waals surface area contributed by atoms with Gasteiger partial charge in [-0.1, -0.05) is 0 Å². The predicted molar refractivity (Wildman–Crippen MR) is 105 cm³/mol. The first-order valence-corrected chi connectivity index (χ1v) is 9.79. The molecule has 1 aliphatic heterocycles. The molecule has 144 valence electrons. The summed E-state index contributed by atoms with van der Waals surface area (Å²) >= 11 is 0. The normalized spacial score (nSPS) is 14.8. The lowest BCUT2D eigenvalue weighted by atomic mass is 10.1. The molecule has 4 rings (SSSR count). The molecule has 1 unspecified atom stereocenters. The molecule has 0 spiro atoms. The average Bonchev–Trinajstić information content (AvgIpc) is 2.94. The minimum atomic E-state index is -0.372. The first kappa shape index (κ1) is 18.3. The van der Waals surface area contributed by atoms with E-state index < -0.39 is 0 Å². The van der Waals surface area contributed by atoms with Crippen molar-refractivity contribution in [1.82, 2.24) is 14.8 Å². The maximum absolute atomic E-state index is 13.1. The number of ether oxygens (including phenoxy) is 1. The van der Waals surface area contributed by atoms with Crippen LogP contribution in [0, 0.1) is 0 Å². The topological polar surface area (TPSA) is 60.9 Å². The van der Waals surface area contributed by atoms with Gasteiger partial charge in [0.15, 0.2) is 6.04 Å². The predicted octanol–water partition coefficient (Wildman–Crippen LogP) is 3.41. The molecule has 0 N–H and O–H groups in total. The van der Waals surface area contributed by atoms with Gasteiger partial charge in [0.2, 0.25) is 11.6 Å². The van der Waals surface area contributed by atoms with Crippen LogP contribution >= 0.6 is 0 Å². The van der Waals surface area contributed by atoms with Crippen molar-refractivity contribution in [1.29, 1.82) is 0 Å². The molecule has 0 radical (unpaired) electrons. The number of benzene rings is 1. The van der Waals surface area contributed by atoms with Crippen molar-refractivity contribution in [2.24, 2.45) is 0 Å². The molecule has 0 amide bonds. The van der Waals surface area contributed by atoms with Gasteiger partial charge in [-0.25, -0.2) is 4.57 Å². The SMILES string of the molecule is COc1ccc(C(=O)C(C)n2nc(-c3ccncc3)[n+]3c2CCCCC3)cc1. The molecular weight excluding hydrogens is 352 g/mol. The molecule has 0 saturated carbocycles. The second kappa shape index (κ2) is 7.92. The summed E-state index contributed by atoms with van der Waals surface area (Å²) in [5.41, 5.74) is 1.70. The number of rotatable bonds is 5. The van der Waals surface area contributed by atoms with Crippen molar-refractivity contribution in [3.63, 3.8) is 0 Å². The molecule has 0 fully saturated rings. The Morgan fingerprint density at radius 2 is 1.86 bits per heavy atom.